The third kappa shape index (κ3) is 6.70. The molecule has 38 heavy (non-hydrogen) atoms. The third-order valence-electron chi connectivity index (χ3n) is 6.23. The first-order chi connectivity index (χ1) is 17.9. The summed E-state index contributed by atoms with van der Waals surface area (Å²) >= 11 is 6.19. The first kappa shape index (κ1) is 30.3. The zero-order chi connectivity index (χ0) is 28.7. The summed E-state index contributed by atoms with van der Waals surface area (Å²) in [6.07, 6.45) is 0.631. The normalized spacial score (nSPS) is 12.3. The van der Waals surface area contributed by atoms with E-state index in [9.17, 15) is 18.8 Å². The third-order valence-corrected chi connectivity index (χ3v) is 6.45. The summed E-state index contributed by atoms with van der Waals surface area (Å²) in [5.74, 6) is -2.16. The summed E-state index contributed by atoms with van der Waals surface area (Å²) in [5.41, 5.74) is 3.72. The number of nitrogens with one attached hydrogen (secondary N) is 2. The maximum atomic E-state index is 14.9. The minimum atomic E-state index is -0.763. The second-order valence-electron chi connectivity index (χ2n) is 8.86. The fraction of sp³-hybridized carbons (Fsp3) is 0.296. The Hall–Kier alpha value is -3.89. The van der Waals surface area contributed by atoms with Crippen LogP contribution in [0, 0.1) is 19.7 Å². The van der Waals surface area contributed by atoms with Crippen molar-refractivity contribution in [3.05, 3.63) is 85.9 Å². The van der Waals surface area contributed by atoms with Crippen molar-refractivity contribution in [2.75, 3.05) is 18.9 Å². The number of carbonyl (C=O) groups is 3. The van der Waals surface area contributed by atoms with E-state index in [1.165, 1.54) is 12.1 Å². The van der Waals surface area contributed by atoms with Crippen LogP contribution in [-0.4, -0.2) is 47.7 Å². The number of nitrogens with zero attached hydrogens (tertiary/aromatic N) is 2. The van der Waals surface area contributed by atoms with Gasteiger partial charge in [-0.05, 0) is 68.3 Å². The summed E-state index contributed by atoms with van der Waals surface area (Å²) in [4.78, 5) is 46.1. The second kappa shape index (κ2) is 13.1. The molecule has 0 aliphatic rings. The minimum absolute atomic E-state index is 0.0176. The predicted octanol–water partition coefficient (Wildman–Crippen LogP) is 4.85. The van der Waals surface area contributed by atoms with Crippen LogP contribution in [0.5, 0.6) is 0 Å². The number of carbonyl (C=O) groups excluding carboxylic acids is 3. The highest BCUT2D eigenvalue weighted by Crippen LogP contribution is 2.37. The Labute approximate surface area is 224 Å². The molecule has 0 radical (unpaired) electrons. The average molecular weight is 545 g/mol. The monoisotopic (exact) mass is 544 g/mol. The first-order valence-electron chi connectivity index (χ1n) is 11.5. The summed E-state index contributed by atoms with van der Waals surface area (Å²) < 4.78 is 20.2. The van der Waals surface area contributed by atoms with Crippen LogP contribution in [0.4, 0.5) is 10.1 Å². The van der Waals surface area contributed by atoms with Crippen LogP contribution in [0.15, 0.2) is 40.1 Å². The topological polar surface area (TPSA) is 125 Å². The number of anilines is 1. The molecule has 1 aromatic heterocycles. The van der Waals surface area contributed by atoms with Gasteiger partial charge in [-0.25, -0.2) is 14.3 Å². The molecule has 0 spiro atoms. The van der Waals surface area contributed by atoms with Gasteiger partial charge in [-0.15, -0.1) is 5.10 Å². The van der Waals surface area contributed by atoms with Crippen LogP contribution in [0.2, 0.25) is 5.02 Å². The molecule has 3 rings (SSSR count). The molecule has 202 valence electrons. The summed E-state index contributed by atoms with van der Waals surface area (Å²) in [6, 6.07) is 5.40. The first-order valence-corrected chi connectivity index (χ1v) is 11.9. The van der Waals surface area contributed by atoms with E-state index < -0.39 is 29.4 Å². The molecular formula is C27H30ClFN4O5. The second-order valence-corrected chi connectivity index (χ2v) is 9.30. The molecule has 0 bridgehead atoms. The van der Waals surface area contributed by atoms with Crippen molar-refractivity contribution in [3.8, 4) is 0 Å². The molecule has 2 N–H and O–H groups in total. The van der Waals surface area contributed by atoms with Crippen LogP contribution in [0.1, 0.15) is 64.3 Å². The summed E-state index contributed by atoms with van der Waals surface area (Å²) in [5, 5.41) is 9.23. The number of amides is 1. The number of hydrogen-bond acceptors (Lipinski definition) is 7. The Morgan fingerprint density at radius 1 is 1.32 bits per heavy atom. The molecule has 0 aliphatic heterocycles. The molecule has 2 aromatic carbocycles. The molecule has 3 aromatic rings. The number of halogens is 2. The van der Waals surface area contributed by atoms with Gasteiger partial charge in [0.2, 0.25) is 11.8 Å². The molecule has 1 amide bonds. The molecule has 1 heterocycles. The van der Waals surface area contributed by atoms with Gasteiger partial charge in [0.05, 0.1) is 18.3 Å². The van der Waals surface area contributed by atoms with Gasteiger partial charge in [-0.1, -0.05) is 36.7 Å². The SMILES string of the molecule is C=C(C)c1cc(Cl)cc(NC(=O)CN(C)[C@H](c2n[nH]c(=O)o2)C(C)c2c(F)ccc(C)c2C)c1C=O.C=O. The Morgan fingerprint density at radius 2 is 1.97 bits per heavy atom. The van der Waals surface area contributed by atoms with E-state index in [4.69, 9.17) is 20.8 Å². The zero-order valence-corrected chi connectivity index (χ0v) is 22.6. The molecule has 0 fully saturated rings. The molecule has 0 saturated heterocycles. The highest BCUT2D eigenvalue weighted by Gasteiger charge is 2.33. The standard InChI is InChI=1S/C26H28ClFN4O4.CH2O/c1-13(2)18-9-17(27)10-21(19(18)12-33)29-22(34)11-32(6)24(25-30-31-26(35)36-25)16(5)23-15(4)14(3)7-8-20(23)28;1-2/h7-10,12,16,24H,1,11H2,2-6H3,(H,29,34)(H,31,35);1H2/t16?,24-;/m0./s1. The van der Waals surface area contributed by atoms with Crippen molar-refractivity contribution >= 4 is 41.8 Å². The van der Waals surface area contributed by atoms with Crippen LogP contribution in [0.3, 0.4) is 0 Å². The molecule has 0 aliphatic carbocycles. The largest absolute Gasteiger partial charge is 0.434 e. The highest BCUT2D eigenvalue weighted by atomic mass is 35.5. The maximum Gasteiger partial charge on any atom is 0.434 e. The molecule has 9 nitrogen and oxygen atoms in total. The lowest BCUT2D eigenvalue weighted by atomic mass is 9.87. The lowest BCUT2D eigenvalue weighted by Crippen LogP contribution is -2.36. The van der Waals surface area contributed by atoms with Gasteiger partial charge in [0.25, 0.3) is 0 Å². The van der Waals surface area contributed by atoms with Crippen molar-refractivity contribution in [2.45, 2.75) is 39.7 Å². The number of H-pyrrole nitrogens is 1. The number of aldehydes is 1. The van der Waals surface area contributed by atoms with Gasteiger partial charge in [-0.3, -0.25) is 14.5 Å². The number of aromatic nitrogens is 2. The maximum absolute atomic E-state index is 14.9. The predicted molar refractivity (Wildman–Crippen MR) is 144 cm³/mol. The Morgan fingerprint density at radius 3 is 2.53 bits per heavy atom. The van der Waals surface area contributed by atoms with E-state index in [1.807, 2.05) is 20.6 Å². The van der Waals surface area contributed by atoms with Gasteiger partial charge < -0.3 is 14.5 Å². The van der Waals surface area contributed by atoms with E-state index in [1.54, 1.807) is 37.9 Å². The number of aromatic amines is 1. The number of aryl methyl sites for hydroxylation is 1. The molecule has 2 atom stereocenters. The fourth-order valence-electron chi connectivity index (χ4n) is 4.39. The lowest BCUT2D eigenvalue weighted by molar-refractivity contribution is -0.117. The van der Waals surface area contributed by atoms with Gasteiger partial charge in [-0.2, -0.15) is 0 Å². The van der Waals surface area contributed by atoms with Crippen molar-refractivity contribution in [3.63, 3.8) is 0 Å². The summed E-state index contributed by atoms with van der Waals surface area (Å²) in [7, 11) is 1.64. The van der Waals surface area contributed by atoms with Gasteiger partial charge in [0, 0.05) is 16.5 Å². The fourth-order valence-corrected chi connectivity index (χ4v) is 4.61. The number of rotatable bonds is 9. The van der Waals surface area contributed by atoms with E-state index in [0.717, 1.165) is 11.1 Å². The Bertz CT molecular complexity index is 1400. The highest BCUT2D eigenvalue weighted by molar-refractivity contribution is 6.31. The van der Waals surface area contributed by atoms with Crippen LogP contribution < -0.4 is 11.1 Å². The van der Waals surface area contributed by atoms with Crippen LogP contribution in [0.25, 0.3) is 5.57 Å². The molecular weight excluding hydrogens is 515 g/mol. The van der Waals surface area contributed by atoms with Crippen LogP contribution >= 0.6 is 11.6 Å². The molecule has 11 heteroatoms. The Balaban J connectivity index is 0.00000247. The lowest BCUT2D eigenvalue weighted by Gasteiger charge is -2.31. The quantitative estimate of drug-likeness (QED) is 0.369. The number of benzene rings is 2. The van der Waals surface area contributed by atoms with Gasteiger partial charge in [0.15, 0.2) is 6.29 Å². The van der Waals surface area contributed by atoms with Crippen molar-refractivity contribution in [1.82, 2.24) is 15.1 Å². The Kier molecular flexibility index (Phi) is 10.4. The van der Waals surface area contributed by atoms with E-state index in [-0.39, 0.29) is 23.7 Å². The van der Waals surface area contributed by atoms with Crippen LogP contribution in [-0.2, 0) is 9.59 Å². The number of allylic oxidation sites excluding steroid dienone is 1. The number of likely N-dealkylation sites (N-methyl/N-ethyl adjacent to an activating group) is 1. The smallest absolute Gasteiger partial charge is 0.391 e. The van der Waals surface area contributed by atoms with Gasteiger partial charge >= 0.3 is 5.76 Å². The molecule has 0 saturated carbocycles. The van der Waals surface area contributed by atoms with Crippen molar-refractivity contribution in [1.29, 1.82) is 0 Å². The van der Waals surface area contributed by atoms with E-state index >= 15 is 0 Å². The van der Waals surface area contributed by atoms with E-state index in [0.29, 0.717) is 28.0 Å². The minimum Gasteiger partial charge on any atom is -0.391 e. The number of hydrogen-bond donors (Lipinski definition) is 2. The van der Waals surface area contributed by atoms with Crippen molar-refractivity contribution < 1.29 is 23.2 Å². The van der Waals surface area contributed by atoms with Gasteiger partial charge in [0.1, 0.15) is 12.6 Å². The van der Waals surface area contributed by atoms with Crippen molar-refractivity contribution in [2.24, 2.45) is 0 Å². The summed E-state index contributed by atoms with van der Waals surface area (Å²) in [6.45, 7) is 12.9. The van der Waals surface area contributed by atoms with E-state index in [2.05, 4.69) is 22.1 Å². The molecule has 1 unspecified atom stereocenters. The zero-order valence-electron chi connectivity index (χ0n) is 21.9. The average Bonchev–Trinajstić information content (AvgIpc) is 3.28.